The fourth-order valence-corrected chi connectivity index (χ4v) is 2.84. The average Bonchev–Trinajstić information content (AvgIpc) is 2.88. The predicted octanol–water partition coefficient (Wildman–Crippen LogP) is 4.60. The molecule has 0 atom stereocenters. The van der Waals surface area contributed by atoms with Crippen LogP contribution >= 0.6 is 0 Å². The van der Waals surface area contributed by atoms with Crippen molar-refractivity contribution in [2.75, 3.05) is 0 Å². The molecule has 0 aliphatic rings. The quantitative estimate of drug-likeness (QED) is 0.496. The summed E-state index contributed by atoms with van der Waals surface area (Å²) in [5.74, 6) is -0.204. The number of aromatic nitrogens is 2. The van der Waals surface area contributed by atoms with Crippen molar-refractivity contribution in [3.63, 3.8) is 0 Å². The van der Waals surface area contributed by atoms with E-state index in [2.05, 4.69) is 4.98 Å². The lowest BCUT2D eigenvalue weighted by molar-refractivity contribution is 0.631. The molecular weight excluding hydrogens is 263 g/mol. The van der Waals surface area contributed by atoms with Crippen LogP contribution in [0.4, 0.5) is 4.39 Å². The van der Waals surface area contributed by atoms with E-state index >= 15 is 0 Å². The first-order chi connectivity index (χ1) is 10.2. The van der Waals surface area contributed by atoms with Gasteiger partial charge in [-0.25, -0.2) is 9.37 Å². The number of nitrogens with zero attached hydrogens (tertiary/aromatic N) is 2. The Kier molecular flexibility index (Phi) is 2.54. The third-order valence-electron chi connectivity index (χ3n) is 3.77. The monoisotopic (exact) mass is 276 g/mol. The Balaban J connectivity index is 2.12. The largest absolute Gasteiger partial charge is 0.306 e. The van der Waals surface area contributed by atoms with Gasteiger partial charge in [-0.05, 0) is 30.0 Å². The Morgan fingerprint density at radius 3 is 2.57 bits per heavy atom. The molecule has 2 heterocycles. The third kappa shape index (κ3) is 1.82. The number of halogens is 1. The molecule has 102 valence electrons. The highest BCUT2D eigenvalue weighted by molar-refractivity contribution is 6.03. The molecule has 0 amide bonds. The SMILES string of the molecule is Cc1cn2ccc3c(-c4ccccc4F)cccc3c2n1. The second-order valence-electron chi connectivity index (χ2n) is 5.18. The lowest BCUT2D eigenvalue weighted by Gasteiger charge is -2.08. The first-order valence-corrected chi connectivity index (χ1v) is 6.86. The van der Waals surface area contributed by atoms with Crippen LogP contribution in [-0.2, 0) is 0 Å². The summed E-state index contributed by atoms with van der Waals surface area (Å²) < 4.78 is 16.1. The minimum atomic E-state index is -0.204. The van der Waals surface area contributed by atoms with Gasteiger partial charge in [0.25, 0.3) is 0 Å². The van der Waals surface area contributed by atoms with E-state index in [0.29, 0.717) is 5.56 Å². The summed E-state index contributed by atoms with van der Waals surface area (Å²) >= 11 is 0. The Hall–Kier alpha value is -2.68. The molecule has 4 aromatic rings. The van der Waals surface area contributed by atoms with Gasteiger partial charge in [-0.3, -0.25) is 0 Å². The second kappa shape index (κ2) is 4.42. The minimum absolute atomic E-state index is 0.204. The van der Waals surface area contributed by atoms with Crippen molar-refractivity contribution < 1.29 is 4.39 Å². The van der Waals surface area contributed by atoms with Gasteiger partial charge in [0.1, 0.15) is 11.5 Å². The van der Waals surface area contributed by atoms with Gasteiger partial charge in [-0.1, -0.05) is 36.4 Å². The molecule has 4 rings (SSSR count). The Morgan fingerprint density at radius 1 is 0.905 bits per heavy atom. The van der Waals surface area contributed by atoms with Crippen molar-refractivity contribution in [3.8, 4) is 11.1 Å². The molecule has 0 aliphatic carbocycles. The van der Waals surface area contributed by atoms with E-state index in [1.54, 1.807) is 6.07 Å². The fourth-order valence-electron chi connectivity index (χ4n) is 2.84. The van der Waals surface area contributed by atoms with Crippen LogP contribution in [-0.4, -0.2) is 9.38 Å². The fraction of sp³-hybridized carbons (Fsp3) is 0.0556. The van der Waals surface area contributed by atoms with E-state index in [9.17, 15) is 4.39 Å². The summed E-state index contributed by atoms with van der Waals surface area (Å²) in [6.07, 6.45) is 3.96. The van der Waals surface area contributed by atoms with Gasteiger partial charge in [0.15, 0.2) is 0 Å². The van der Waals surface area contributed by atoms with Crippen molar-refractivity contribution in [3.05, 3.63) is 72.4 Å². The lowest BCUT2D eigenvalue weighted by Crippen LogP contribution is -1.89. The van der Waals surface area contributed by atoms with Crippen LogP contribution in [0.15, 0.2) is 60.9 Å². The number of fused-ring (bicyclic) bond motifs is 3. The first kappa shape index (κ1) is 12.1. The van der Waals surface area contributed by atoms with Crippen molar-refractivity contribution in [1.82, 2.24) is 9.38 Å². The normalized spacial score (nSPS) is 11.3. The summed E-state index contributed by atoms with van der Waals surface area (Å²) in [6.45, 7) is 1.97. The van der Waals surface area contributed by atoms with E-state index in [-0.39, 0.29) is 5.82 Å². The van der Waals surface area contributed by atoms with Gasteiger partial charge in [-0.15, -0.1) is 0 Å². The molecule has 0 aliphatic heterocycles. The summed E-state index contributed by atoms with van der Waals surface area (Å²) in [5.41, 5.74) is 3.39. The molecule has 2 aromatic carbocycles. The molecular formula is C18H13FN2. The van der Waals surface area contributed by atoms with Crippen LogP contribution in [0.5, 0.6) is 0 Å². The van der Waals surface area contributed by atoms with Crippen LogP contribution in [0.25, 0.3) is 27.5 Å². The zero-order chi connectivity index (χ0) is 14.4. The van der Waals surface area contributed by atoms with E-state index < -0.39 is 0 Å². The van der Waals surface area contributed by atoms with Crippen molar-refractivity contribution >= 4 is 16.4 Å². The van der Waals surface area contributed by atoms with Crippen LogP contribution in [0.2, 0.25) is 0 Å². The van der Waals surface area contributed by atoms with Gasteiger partial charge >= 0.3 is 0 Å². The highest BCUT2D eigenvalue weighted by Crippen LogP contribution is 2.31. The molecule has 2 aromatic heterocycles. The highest BCUT2D eigenvalue weighted by atomic mass is 19.1. The molecule has 21 heavy (non-hydrogen) atoms. The molecule has 0 N–H and O–H groups in total. The maximum Gasteiger partial charge on any atom is 0.144 e. The van der Waals surface area contributed by atoms with Crippen LogP contribution in [0.3, 0.4) is 0 Å². The zero-order valence-electron chi connectivity index (χ0n) is 11.5. The van der Waals surface area contributed by atoms with E-state index in [0.717, 1.165) is 27.7 Å². The van der Waals surface area contributed by atoms with Crippen molar-refractivity contribution in [2.45, 2.75) is 6.92 Å². The Labute approximate surface area is 121 Å². The number of hydrogen-bond acceptors (Lipinski definition) is 1. The zero-order valence-corrected chi connectivity index (χ0v) is 11.5. The smallest absolute Gasteiger partial charge is 0.144 e. The molecule has 0 saturated carbocycles. The predicted molar refractivity (Wildman–Crippen MR) is 82.8 cm³/mol. The molecule has 0 radical (unpaired) electrons. The number of benzene rings is 2. The molecule has 3 heteroatoms. The molecule has 0 saturated heterocycles. The number of pyridine rings is 1. The minimum Gasteiger partial charge on any atom is -0.306 e. The Morgan fingerprint density at radius 2 is 1.71 bits per heavy atom. The first-order valence-electron chi connectivity index (χ1n) is 6.86. The van der Waals surface area contributed by atoms with Gasteiger partial charge in [-0.2, -0.15) is 0 Å². The number of imidazole rings is 1. The molecule has 2 nitrogen and oxygen atoms in total. The van der Waals surface area contributed by atoms with Gasteiger partial charge in [0.05, 0.1) is 5.69 Å². The highest BCUT2D eigenvalue weighted by Gasteiger charge is 2.10. The maximum atomic E-state index is 14.1. The van der Waals surface area contributed by atoms with Crippen LogP contribution < -0.4 is 0 Å². The third-order valence-corrected chi connectivity index (χ3v) is 3.77. The van der Waals surface area contributed by atoms with E-state index in [1.807, 2.05) is 60.1 Å². The molecule has 0 fully saturated rings. The lowest BCUT2D eigenvalue weighted by atomic mass is 9.99. The summed E-state index contributed by atoms with van der Waals surface area (Å²) in [4.78, 5) is 4.57. The van der Waals surface area contributed by atoms with Crippen LogP contribution in [0.1, 0.15) is 5.69 Å². The number of hydrogen-bond donors (Lipinski definition) is 0. The molecule has 0 bridgehead atoms. The topological polar surface area (TPSA) is 17.3 Å². The Bertz CT molecular complexity index is 969. The average molecular weight is 276 g/mol. The summed E-state index contributed by atoms with van der Waals surface area (Å²) in [7, 11) is 0. The maximum absolute atomic E-state index is 14.1. The standard InChI is InChI=1S/C18H13FN2/c1-12-11-21-10-9-14-13(15-5-2-3-8-17(15)19)6-4-7-16(14)18(21)20-12/h2-11H,1H3. The van der Waals surface area contributed by atoms with Gasteiger partial charge in [0.2, 0.25) is 0 Å². The molecule has 0 unspecified atom stereocenters. The van der Waals surface area contributed by atoms with E-state index in [4.69, 9.17) is 0 Å². The summed E-state index contributed by atoms with van der Waals surface area (Å²) in [6, 6.07) is 14.8. The van der Waals surface area contributed by atoms with Crippen molar-refractivity contribution in [1.29, 1.82) is 0 Å². The van der Waals surface area contributed by atoms with Gasteiger partial charge in [0, 0.05) is 23.3 Å². The summed E-state index contributed by atoms with van der Waals surface area (Å²) in [5, 5.41) is 2.05. The van der Waals surface area contributed by atoms with E-state index in [1.165, 1.54) is 6.07 Å². The van der Waals surface area contributed by atoms with Crippen molar-refractivity contribution in [2.24, 2.45) is 0 Å². The van der Waals surface area contributed by atoms with Crippen LogP contribution in [0, 0.1) is 12.7 Å². The van der Waals surface area contributed by atoms with Gasteiger partial charge < -0.3 is 4.40 Å². The number of aryl methyl sites for hydroxylation is 1. The number of rotatable bonds is 1. The molecule has 0 spiro atoms. The second-order valence-corrected chi connectivity index (χ2v) is 5.18.